The first-order valence-corrected chi connectivity index (χ1v) is 8.65. The zero-order chi connectivity index (χ0) is 18.5. The molecule has 3 amide bonds. The van der Waals surface area contributed by atoms with E-state index in [1.54, 1.807) is 12.1 Å². The Morgan fingerprint density at radius 1 is 1.08 bits per heavy atom. The number of rotatable bonds is 6. The highest BCUT2D eigenvalue weighted by molar-refractivity contribution is 6.01. The van der Waals surface area contributed by atoms with E-state index < -0.39 is 0 Å². The summed E-state index contributed by atoms with van der Waals surface area (Å²) in [7, 11) is 1.54. The predicted octanol–water partition coefficient (Wildman–Crippen LogP) is 3.47. The molecule has 0 bridgehead atoms. The molecule has 0 atom stereocenters. The molecule has 0 spiro atoms. The SMILES string of the molecule is COc1cc(CC(=O)NC2CC2)ccc1NC(=O)Nc1ccccc1C. The maximum absolute atomic E-state index is 12.3. The van der Waals surface area contributed by atoms with Crippen molar-refractivity contribution >= 4 is 23.3 Å². The van der Waals surface area contributed by atoms with Crippen LogP contribution in [0, 0.1) is 6.92 Å². The zero-order valence-corrected chi connectivity index (χ0v) is 15.0. The summed E-state index contributed by atoms with van der Waals surface area (Å²) in [5.41, 5.74) is 3.11. The zero-order valence-electron chi connectivity index (χ0n) is 15.0. The summed E-state index contributed by atoms with van der Waals surface area (Å²) in [6.07, 6.45) is 2.42. The lowest BCUT2D eigenvalue weighted by Crippen LogP contribution is -2.27. The number of hydrogen-bond donors (Lipinski definition) is 3. The first kappa shape index (κ1) is 17.8. The van der Waals surface area contributed by atoms with Crippen molar-refractivity contribution in [3.63, 3.8) is 0 Å². The first-order valence-electron chi connectivity index (χ1n) is 8.65. The van der Waals surface area contributed by atoms with E-state index in [9.17, 15) is 9.59 Å². The van der Waals surface area contributed by atoms with Gasteiger partial charge in [-0.2, -0.15) is 0 Å². The fourth-order valence-electron chi connectivity index (χ4n) is 2.63. The molecule has 0 radical (unpaired) electrons. The van der Waals surface area contributed by atoms with Crippen LogP contribution in [-0.4, -0.2) is 25.1 Å². The van der Waals surface area contributed by atoms with Gasteiger partial charge < -0.3 is 20.7 Å². The Hall–Kier alpha value is -3.02. The van der Waals surface area contributed by atoms with E-state index >= 15 is 0 Å². The van der Waals surface area contributed by atoms with E-state index in [4.69, 9.17) is 4.74 Å². The quantitative estimate of drug-likeness (QED) is 0.744. The number of nitrogens with one attached hydrogen (secondary N) is 3. The highest BCUT2D eigenvalue weighted by Crippen LogP contribution is 2.26. The Balaban J connectivity index is 1.64. The van der Waals surface area contributed by atoms with Crippen molar-refractivity contribution in [2.75, 3.05) is 17.7 Å². The lowest BCUT2D eigenvalue weighted by atomic mass is 10.1. The molecule has 6 nitrogen and oxygen atoms in total. The molecule has 1 aliphatic rings. The third-order valence-electron chi connectivity index (χ3n) is 4.21. The van der Waals surface area contributed by atoms with Crippen molar-refractivity contribution in [3.8, 4) is 5.75 Å². The molecule has 2 aromatic rings. The highest BCUT2D eigenvalue weighted by Gasteiger charge is 2.23. The van der Waals surface area contributed by atoms with Crippen molar-refractivity contribution < 1.29 is 14.3 Å². The van der Waals surface area contributed by atoms with Gasteiger partial charge in [-0.25, -0.2) is 4.79 Å². The Morgan fingerprint density at radius 3 is 2.50 bits per heavy atom. The number of amides is 3. The number of ether oxygens (including phenoxy) is 1. The first-order chi connectivity index (χ1) is 12.5. The van der Waals surface area contributed by atoms with Crippen LogP contribution in [0.15, 0.2) is 42.5 Å². The molecular formula is C20H23N3O3. The number of hydrogen-bond acceptors (Lipinski definition) is 3. The molecule has 1 fully saturated rings. The predicted molar refractivity (Wildman–Crippen MR) is 102 cm³/mol. The lowest BCUT2D eigenvalue weighted by molar-refractivity contribution is -0.120. The number of aryl methyl sites for hydroxylation is 1. The Kier molecular flexibility index (Phi) is 5.41. The van der Waals surface area contributed by atoms with Crippen molar-refractivity contribution in [3.05, 3.63) is 53.6 Å². The summed E-state index contributed by atoms with van der Waals surface area (Å²) < 4.78 is 5.36. The van der Waals surface area contributed by atoms with Gasteiger partial charge in [-0.1, -0.05) is 24.3 Å². The monoisotopic (exact) mass is 353 g/mol. The van der Waals surface area contributed by atoms with Gasteiger partial charge in [0.1, 0.15) is 5.75 Å². The van der Waals surface area contributed by atoms with E-state index in [0.717, 1.165) is 29.7 Å². The lowest BCUT2D eigenvalue weighted by Gasteiger charge is -2.13. The number of methoxy groups -OCH3 is 1. The molecule has 1 saturated carbocycles. The maximum Gasteiger partial charge on any atom is 0.323 e. The Morgan fingerprint density at radius 2 is 1.81 bits per heavy atom. The van der Waals surface area contributed by atoms with Crippen LogP contribution in [0.2, 0.25) is 0 Å². The molecule has 136 valence electrons. The number of para-hydroxylation sites is 1. The number of carbonyl (C=O) groups excluding carboxylic acids is 2. The molecule has 0 aliphatic heterocycles. The fourth-order valence-corrected chi connectivity index (χ4v) is 2.63. The van der Waals surface area contributed by atoms with Crippen molar-refractivity contribution in [2.45, 2.75) is 32.2 Å². The summed E-state index contributed by atoms with van der Waals surface area (Å²) in [5, 5.41) is 8.56. The molecule has 3 N–H and O–H groups in total. The Bertz CT molecular complexity index is 816. The Labute approximate surface area is 152 Å². The van der Waals surface area contributed by atoms with Crippen LogP contribution in [0.1, 0.15) is 24.0 Å². The highest BCUT2D eigenvalue weighted by atomic mass is 16.5. The van der Waals surface area contributed by atoms with Gasteiger partial charge in [0.2, 0.25) is 5.91 Å². The van der Waals surface area contributed by atoms with Gasteiger partial charge in [-0.05, 0) is 49.1 Å². The van der Waals surface area contributed by atoms with E-state index in [-0.39, 0.29) is 11.9 Å². The average Bonchev–Trinajstić information content (AvgIpc) is 3.42. The van der Waals surface area contributed by atoms with Crippen LogP contribution >= 0.6 is 0 Å². The third-order valence-corrected chi connectivity index (χ3v) is 4.21. The summed E-state index contributed by atoms with van der Waals surface area (Å²) in [5.74, 6) is 0.522. The number of urea groups is 1. The van der Waals surface area contributed by atoms with Gasteiger partial charge in [0.25, 0.3) is 0 Å². The van der Waals surface area contributed by atoms with Gasteiger partial charge in [-0.3, -0.25) is 4.79 Å². The van der Waals surface area contributed by atoms with Gasteiger partial charge in [-0.15, -0.1) is 0 Å². The van der Waals surface area contributed by atoms with Crippen LogP contribution in [0.4, 0.5) is 16.2 Å². The standard InChI is InChI=1S/C20H23N3O3/c1-13-5-3-4-6-16(13)22-20(25)23-17-10-7-14(11-18(17)26-2)12-19(24)21-15-8-9-15/h3-7,10-11,15H,8-9,12H2,1-2H3,(H,21,24)(H2,22,23,25). The molecular weight excluding hydrogens is 330 g/mol. The summed E-state index contributed by atoms with van der Waals surface area (Å²) in [6, 6.07) is 12.9. The molecule has 1 aliphatic carbocycles. The minimum atomic E-state index is -0.350. The van der Waals surface area contributed by atoms with Gasteiger partial charge >= 0.3 is 6.03 Å². The van der Waals surface area contributed by atoms with Crippen LogP contribution in [0.25, 0.3) is 0 Å². The van der Waals surface area contributed by atoms with Crippen molar-refractivity contribution in [1.29, 1.82) is 0 Å². The maximum atomic E-state index is 12.3. The largest absolute Gasteiger partial charge is 0.495 e. The minimum absolute atomic E-state index is 0.00700. The van der Waals surface area contributed by atoms with Gasteiger partial charge in [0, 0.05) is 11.7 Å². The molecule has 0 heterocycles. The second-order valence-electron chi connectivity index (χ2n) is 6.45. The normalized spacial score (nSPS) is 13.0. The number of benzene rings is 2. The molecule has 2 aromatic carbocycles. The van der Waals surface area contributed by atoms with Crippen molar-refractivity contribution in [2.24, 2.45) is 0 Å². The van der Waals surface area contributed by atoms with E-state index in [1.165, 1.54) is 7.11 Å². The molecule has 3 rings (SSSR count). The van der Waals surface area contributed by atoms with E-state index in [2.05, 4.69) is 16.0 Å². The molecule has 0 aromatic heterocycles. The molecule has 0 saturated heterocycles. The second kappa shape index (κ2) is 7.91. The molecule has 26 heavy (non-hydrogen) atoms. The van der Waals surface area contributed by atoms with Crippen LogP contribution in [-0.2, 0) is 11.2 Å². The van der Waals surface area contributed by atoms with Gasteiger partial charge in [0.05, 0.1) is 19.2 Å². The number of carbonyl (C=O) groups is 2. The third kappa shape index (κ3) is 4.75. The van der Waals surface area contributed by atoms with E-state index in [0.29, 0.717) is 23.9 Å². The summed E-state index contributed by atoms with van der Waals surface area (Å²) >= 11 is 0. The molecule has 0 unspecified atom stereocenters. The molecule has 6 heteroatoms. The van der Waals surface area contributed by atoms with Crippen molar-refractivity contribution in [1.82, 2.24) is 5.32 Å². The van der Waals surface area contributed by atoms with Gasteiger partial charge in [0.15, 0.2) is 0 Å². The second-order valence-corrected chi connectivity index (χ2v) is 6.45. The average molecular weight is 353 g/mol. The van der Waals surface area contributed by atoms with Crippen LogP contribution in [0.5, 0.6) is 5.75 Å². The smallest absolute Gasteiger partial charge is 0.323 e. The topological polar surface area (TPSA) is 79.5 Å². The number of anilines is 2. The minimum Gasteiger partial charge on any atom is -0.495 e. The summed E-state index contributed by atoms with van der Waals surface area (Å²) in [6.45, 7) is 1.93. The van der Waals surface area contributed by atoms with Crippen LogP contribution < -0.4 is 20.7 Å². The summed E-state index contributed by atoms with van der Waals surface area (Å²) in [4.78, 5) is 24.2. The fraction of sp³-hybridized carbons (Fsp3) is 0.300. The van der Waals surface area contributed by atoms with Crippen LogP contribution in [0.3, 0.4) is 0 Å². The van der Waals surface area contributed by atoms with E-state index in [1.807, 2.05) is 37.3 Å².